The molecule has 7 heavy (non-hydrogen) atoms. The SMILES string of the molecule is CCOC(C)=O.[LiH]. The number of hydrogen-bond donors (Lipinski definition) is 0. The summed E-state index contributed by atoms with van der Waals surface area (Å²) in [5.41, 5.74) is 0. The van der Waals surface area contributed by atoms with Crippen LogP contribution >= 0.6 is 0 Å². The minimum absolute atomic E-state index is 0. The van der Waals surface area contributed by atoms with Gasteiger partial charge in [0.15, 0.2) is 0 Å². The molecular formula is C4H9LiO2. The van der Waals surface area contributed by atoms with E-state index in [2.05, 4.69) is 4.74 Å². The third-order valence-electron chi connectivity index (χ3n) is 0.348. The Morgan fingerprint density at radius 3 is 2.14 bits per heavy atom. The molecule has 0 bridgehead atoms. The molecule has 0 fully saturated rings. The topological polar surface area (TPSA) is 26.3 Å². The van der Waals surface area contributed by atoms with Crippen LogP contribution in [0.1, 0.15) is 13.8 Å². The van der Waals surface area contributed by atoms with Gasteiger partial charge < -0.3 is 4.74 Å². The molecule has 0 rings (SSSR count). The Labute approximate surface area is 55.4 Å². The molecule has 0 aromatic rings. The summed E-state index contributed by atoms with van der Waals surface area (Å²) < 4.78 is 4.40. The van der Waals surface area contributed by atoms with Crippen LogP contribution in [0.15, 0.2) is 0 Å². The fourth-order valence-corrected chi connectivity index (χ4v) is 0.203. The van der Waals surface area contributed by atoms with Crippen LogP contribution in [0.5, 0.6) is 0 Å². The van der Waals surface area contributed by atoms with E-state index < -0.39 is 0 Å². The molecule has 0 amide bonds. The van der Waals surface area contributed by atoms with E-state index in [1.807, 2.05) is 0 Å². The van der Waals surface area contributed by atoms with E-state index in [1.165, 1.54) is 6.92 Å². The summed E-state index contributed by atoms with van der Waals surface area (Å²) in [6.07, 6.45) is 0. The van der Waals surface area contributed by atoms with Crippen LogP contribution < -0.4 is 0 Å². The van der Waals surface area contributed by atoms with E-state index in [1.54, 1.807) is 6.92 Å². The Morgan fingerprint density at radius 2 is 2.14 bits per heavy atom. The number of esters is 1. The second-order valence-corrected chi connectivity index (χ2v) is 0.925. The van der Waals surface area contributed by atoms with Gasteiger partial charge in [0.1, 0.15) is 0 Å². The molecule has 0 aliphatic rings. The van der Waals surface area contributed by atoms with Gasteiger partial charge in [-0.25, -0.2) is 0 Å². The van der Waals surface area contributed by atoms with Crippen molar-refractivity contribution in [1.82, 2.24) is 0 Å². The molecule has 0 N–H and O–H groups in total. The molecule has 0 saturated carbocycles. The van der Waals surface area contributed by atoms with Gasteiger partial charge in [0.2, 0.25) is 0 Å². The van der Waals surface area contributed by atoms with Gasteiger partial charge in [0.25, 0.3) is 0 Å². The van der Waals surface area contributed by atoms with E-state index in [-0.39, 0.29) is 24.8 Å². The van der Waals surface area contributed by atoms with Crippen molar-refractivity contribution in [3.63, 3.8) is 0 Å². The molecule has 38 valence electrons. The Balaban J connectivity index is 0. The van der Waals surface area contributed by atoms with E-state index in [0.29, 0.717) is 6.61 Å². The molecule has 0 aromatic heterocycles. The number of ether oxygens (including phenoxy) is 1. The van der Waals surface area contributed by atoms with Gasteiger partial charge in [0, 0.05) is 6.92 Å². The monoisotopic (exact) mass is 96.1 g/mol. The average Bonchev–Trinajstić information content (AvgIpc) is 1.35. The van der Waals surface area contributed by atoms with Crippen LogP contribution in [0, 0.1) is 0 Å². The molecule has 2 nitrogen and oxygen atoms in total. The second kappa shape index (κ2) is 6.07. The Hall–Kier alpha value is 0.0674. The van der Waals surface area contributed by atoms with Gasteiger partial charge in [-0.15, -0.1) is 0 Å². The molecular weight excluding hydrogens is 87.0 g/mol. The van der Waals surface area contributed by atoms with Crippen molar-refractivity contribution in [1.29, 1.82) is 0 Å². The van der Waals surface area contributed by atoms with Crippen LogP contribution in [-0.4, -0.2) is 31.4 Å². The Morgan fingerprint density at radius 1 is 1.71 bits per heavy atom. The van der Waals surface area contributed by atoms with Crippen LogP contribution in [0.2, 0.25) is 0 Å². The first-order valence-electron chi connectivity index (χ1n) is 1.90. The minimum atomic E-state index is -0.211. The molecule has 0 radical (unpaired) electrons. The zero-order valence-electron chi connectivity index (χ0n) is 4.02. The zero-order valence-corrected chi connectivity index (χ0v) is 4.02. The molecule has 0 unspecified atom stereocenters. The van der Waals surface area contributed by atoms with Crippen LogP contribution in [-0.2, 0) is 9.53 Å². The predicted molar refractivity (Wildman–Crippen MR) is 29.5 cm³/mol. The molecule has 3 heteroatoms. The first kappa shape index (κ1) is 10.1. The summed E-state index contributed by atoms with van der Waals surface area (Å²) in [4.78, 5) is 9.82. The van der Waals surface area contributed by atoms with Crippen molar-refractivity contribution in [3.05, 3.63) is 0 Å². The van der Waals surface area contributed by atoms with Gasteiger partial charge in [-0.1, -0.05) is 0 Å². The van der Waals surface area contributed by atoms with Crippen molar-refractivity contribution in [2.45, 2.75) is 13.8 Å². The van der Waals surface area contributed by atoms with Crippen molar-refractivity contribution >= 4 is 24.8 Å². The molecule has 0 spiro atoms. The Kier molecular flexibility index (Phi) is 8.78. The number of hydrogen-bond acceptors (Lipinski definition) is 2. The predicted octanol–water partition coefficient (Wildman–Crippen LogP) is -0.0791. The van der Waals surface area contributed by atoms with Gasteiger partial charge in [0.05, 0.1) is 6.61 Å². The Bertz CT molecular complexity index is 53.7. The normalized spacial score (nSPS) is 6.57. The summed E-state index contributed by atoms with van der Waals surface area (Å²) in [5.74, 6) is -0.211. The summed E-state index contributed by atoms with van der Waals surface area (Å²) in [6.45, 7) is 3.65. The quantitative estimate of drug-likeness (QED) is 0.337. The van der Waals surface area contributed by atoms with Gasteiger partial charge in [-0.3, -0.25) is 4.79 Å². The number of carbonyl (C=O) groups excluding carboxylic acids is 1. The van der Waals surface area contributed by atoms with E-state index >= 15 is 0 Å². The second-order valence-electron chi connectivity index (χ2n) is 0.925. The van der Waals surface area contributed by atoms with Crippen LogP contribution in [0.4, 0.5) is 0 Å². The summed E-state index contributed by atoms with van der Waals surface area (Å²) in [6, 6.07) is 0. The van der Waals surface area contributed by atoms with Crippen molar-refractivity contribution in [2.24, 2.45) is 0 Å². The number of carbonyl (C=O) groups is 1. The maximum atomic E-state index is 9.82. The fraction of sp³-hybridized carbons (Fsp3) is 0.750. The van der Waals surface area contributed by atoms with E-state index in [0.717, 1.165) is 0 Å². The summed E-state index contributed by atoms with van der Waals surface area (Å²) in [7, 11) is 0. The van der Waals surface area contributed by atoms with Crippen molar-refractivity contribution in [3.8, 4) is 0 Å². The third kappa shape index (κ3) is 10.7. The van der Waals surface area contributed by atoms with E-state index in [4.69, 9.17) is 0 Å². The first-order valence-corrected chi connectivity index (χ1v) is 1.90. The number of rotatable bonds is 1. The summed E-state index contributed by atoms with van der Waals surface area (Å²) >= 11 is 0. The third-order valence-corrected chi connectivity index (χ3v) is 0.348. The van der Waals surface area contributed by atoms with E-state index in [9.17, 15) is 4.79 Å². The molecule has 0 aliphatic heterocycles. The maximum absolute atomic E-state index is 9.82. The van der Waals surface area contributed by atoms with Gasteiger partial charge in [-0.2, -0.15) is 0 Å². The van der Waals surface area contributed by atoms with Gasteiger partial charge >= 0.3 is 24.8 Å². The van der Waals surface area contributed by atoms with Gasteiger partial charge in [-0.05, 0) is 6.92 Å². The van der Waals surface area contributed by atoms with Crippen molar-refractivity contribution in [2.75, 3.05) is 6.61 Å². The molecule has 0 saturated heterocycles. The standard InChI is InChI=1S/C4H8O2.Li.H/c1-3-6-4(2)5;;/h3H2,1-2H3;;. The molecule has 0 atom stereocenters. The molecule has 0 heterocycles. The van der Waals surface area contributed by atoms with Crippen molar-refractivity contribution < 1.29 is 9.53 Å². The zero-order chi connectivity index (χ0) is 4.99. The first-order chi connectivity index (χ1) is 2.77. The van der Waals surface area contributed by atoms with Crippen LogP contribution in [0.3, 0.4) is 0 Å². The average molecular weight is 96.1 g/mol. The molecule has 0 aliphatic carbocycles. The molecule has 0 aromatic carbocycles. The fourth-order valence-electron chi connectivity index (χ4n) is 0.203. The summed E-state index contributed by atoms with van der Waals surface area (Å²) in [5, 5.41) is 0. The van der Waals surface area contributed by atoms with Crippen LogP contribution in [0.25, 0.3) is 0 Å².